The summed E-state index contributed by atoms with van der Waals surface area (Å²) < 4.78 is 54.3. The van der Waals surface area contributed by atoms with Crippen molar-refractivity contribution in [1.29, 1.82) is 0 Å². The first kappa shape index (κ1) is 23.1. The van der Waals surface area contributed by atoms with Gasteiger partial charge in [0.05, 0.1) is 5.69 Å². The van der Waals surface area contributed by atoms with Crippen molar-refractivity contribution in [2.45, 2.75) is 17.7 Å². The Morgan fingerprint density at radius 2 is 1.58 bits per heavy atom. The van der Waals surface area contributed by atoms with Gasteiger partial charge in [0.15, 0.2) is 0 Å². The van der Waals surface area contributed by atoms with Crippen LogP contribution >= 0.6 is 0 Å². The van der Waals surface area contributed by atoms with E-state index in [9.17, 15) is 22.0 Å². The van der Waals surface area contributed by atoms with E-state index < -0.39 is 26.6 Å². The van der Waals surface area contributed by atoms with E-state index in [0.717, 1.165) is 33.3 Å². The quantitative estimate of drug-likeness (QED) is 0.543. The van der Waals surface area contributed by atoms with Gasteiger partial charge in [-0.05, 0) is 42.7 Å². The van der Waals surface area contributed by atoms with Crippen molar-refractivity contribution >= 4 is 21.6 Å². The van der Waals surface area contributed by atoms with Crippen LogP contribution in [0.3, 0.4) is 0 Å². The van der Waals surface area contributed by atoms with Crippen LogP contribution in [-0.4, -0.2) is 38.8 Å². The molecule has 0 aromatic heterocycles. The fourth-order valence-corrected chi connectivity index (χ4v) is 5.72. The van der Waals surface area contributed by atoms with E-state index >= 15 is 0 Å². The van der Waals surface area contributed by atoms with Crippen molar-refractivity contribution in [3.63, 3.8) is 0 Å². The summed E-state index contributed by atoms with van der Waals surface area (Å²) in [5, 5.41) is 0. The smallest absolute Gasteiger partial charge is 0.246 e. The molecule has 0 bridgehead atoms. The van der Waals surface area contributed by atoms with Crippen LogP contribution in [0, 0.1) is 17.6 Å². The van der Waals surface area contributed by atoms with Gasteiger partial charge in [0.2, 0.25) is 15.9 Å². The fourth-order valence-electron chi connectivity index (χ4n) is 4.18. The van der Waals surface area contributed by atoms with Gasteiger partial charge in [0.25, 0.3) is 0 Å². The molecule has 33 heavy (non-hydrogen) atoms. The Morgan fingerprint density at radius 1 is 0.939 bits per heavy atom. The predicted molar refractivity (Wildman–Crippen MR) is 123 cm³/mol. The summed E-state index contributed by atoms with van der Waals surface area (Å²) in [6, 6.07) is 19.8. The van der Waals surface area contributed by atoms with Crippen LogP contribution in [0.1, 0.15) is 12.8 Å². The zero-order valence-electron chi connectivity index (χ0n) is 18.1. The molecule has 5 nitrogen and oxygen atoms in total. The molecule has 8 heteroatoms. The highest BCUT2D eigenvalue weighted by Gasteiger charge is 2.35. The maximum atomic E-state index is 14.1. The molecule has 172 valence electrons. The standard InChI is InChI=1S/C25H24F2N2O3S/c1-28(23-10-6-5-9-21(23)18-7-3-2-4-8-18)25(30)19-13-15-29(16-14-19)33(31,32)24-17-20(26)11-12-22(24)27/h2-12,17,19H,13-16H2,1H3. The number of carbonyl (C=O) groups is 1. The van der Waals surface area contributed by atoms with Crippen molar-refractivity contribution in [1.82, 2.24) is 4.31 Å². The number of amides is 1. The second-order valence-electron chi connectivity index (χ2n) is 8.03. The lowest BCUT2D eigenvalue weighted by molar-refractivity contribution is -0.123. The molecule has 0 saturated carbocycles. The number of rotatable bonds is 5. The fraction of sp³-hybridized carbons (Fsp3) is 0.240. The average molecular weight is 471 g/mol. The van der Waals surface area contributed by atoms with E-state index in [4.69, 9.17) is 0 Å². The van der Waals surface area contributed by atoms with Crippen LogP contribution in [0.4, 0.5) is 14.5 Å². The van der Waals surface area contributed by atoms with Crippen LogP contribution in [-0.2, 0) is 14.8 Å². The summed E-state index contributed by atoms with van der Waals surface area (Å²) in [4.78, 5) is 14.2. The van der Waals surface area contributed by atoms with E-state index in [1.165, 1.54) is 0 Å². The molecule has 0 aliphatic carbocycles. The zero-order valence-corrected chi connectivity index (χ0v) is 18.9. The lowest BCUT2D eigenvalue weighted by Crippen LogP contribution is -2.43. The maximum absolute atomic E-state index is 14.1. The van der Waals surface area contributed by atoms with E-state index in [0.29, 0.717) is 18.9 Å². The number of hydrogen-bond acceptors (Lipinski definition) is 3. The van der Waals surface area contributed by atoms with Gasteiger partial charge < -0.3 is 4.90 Å². The molecule has 0 spiro atoms. The number of benzene rings is 3. The number of anilines is 1. The minimum absolute atomic E-state index is 0.0584. The van der Waals surface area contributed by atoms with Gasteiger partial charge in [0.1, 0.15) is 16.5 Å². The first-order valence-electron chi connectivity index (χ1n) is 10.7. The Labute approximate surface area is 192 Å². The monoisotopic (exact) mass is 470 g/mol. The van der Waals surface area contributed by atoms with Crippen LogP contribution in [0.25, 0.3) is 11.1 Å². The number of sulfonamides is 1. The van der Waals surface area contributed by atoms with Crippen LogP contribution in [0.5, 0.6) is 0 Å². The highest BCUT2D eigenvalue weighted by atomic mass is 32.2. The Morgan fingerprint density at radius 3 is 2.27 bits per heavy atom. The molecule has 1 fully saturated rings. The molecule has 4 rings (SSSR count). The van der Waals surface area contributed by atoms with Gasteiger partial charge in [-0.3, -0.25) is 4.79 Å². The van der Waals surface area contributed by atoms with Crippen molar-refractivity contribution in [3.8, 4) is 11.1 Å². The molecule has 3 aromatic carbocycles. The van der Waals surface area contributed by atoms with Crippen LogP contribution in [0.2, 0.25) is 0 Å². The zero-order chi connectivity index (χ0) is 23.6. The first-order chi connectivity index (χ1) is 15.8. The van der Waals surface area contributed by atoms with Gasteiger partial charge in [-0.15, -0.1) is 0 Å². The van der Waals surface area contributed by atoms with E-state index in [1.807, 2.05) is 54.6 Å². The SMILES string of the molecule is CN(C(=O)C1CCN(S(=O)(=O)c2cc(F)ccc2F)CC1)c1ccccc1-c1ccccc1. The van der Waals surface area contributed by atoms with E-state index in [1.54, 1.807) is 11.9 Å². The number of piperidine rings is 1. The topological polar surface area (TPSA) is 57.7 Å². The number of halogens is 2. The summed E-state index contributed by atoms with van der Waals surface area (Å²) in [6.07, 6.45) is 0.597. The molecule has 0 N–H and O–H groups in total. The number of carbonyl (C=O) groups excluding carboxylic acids is 1. The minimum atomic E-state index is -4.19. The lowest BCUT2D eigenvalue weighted by Gasteiger charge is -2.33. The van der Waals surface area contributed by atoms with Gasteiger partial charge in [-0.1, -0.05) is 48.5 Å². The molecule has 0 radical (unpaired) electrons. The van der Waals surface area contributed by atoms with Gasteiger partial charge in [-0.2, -0.15) is 4.31 Å². The normalized spacial score (nSPS) is 15.4. The van der Waals surface area contributed by atoms with E-state index in [2.05, 4.69) is 0 Å². The maximum Gasteiger partial charge on any atom is 0.246 e. The summed E-state index contributed by atoms with van der Waals surface area (Å²) in [5.74, 6) is -2.29. The summed E-state index contributed by atoms with van der Waals surface area (Å²) in [5.41, 5.74) is 2.69. The van der Waals surface area contributed by atoms with Gasteiger partial charge in [-0.25, -0.2) is 17.2 Å². The third-order valence-electron chi connectivity index (χ3n) is 6.00. The lowest BCUT2D eigenvalue weighted by atomic mass is 9.95. The first-order valence-corrected chi connectivity index (χ1v) is 12.1. The molecule has 0 unspecified atom stereocenters. The number of para-hydroxylation sites is 1. The van der Waals surface area contributed by atoms with Crippen molar-refractivity contribution in [2.24, 2.45) is 5.92 Å². The van der Waals surface area contributed by atoms with Crippen LogP contribution in [0.15, 0.2) is 77.7 Å². The summed E-state index contributed by atoms with van der Waals surface area (Å²) in [6.45, 7) is 0.117. The Bertz CT molecular complexity index is 1260. The molecule has 1 saturated heterocycles. The van der Waals surface area contributed by atoms with Crippen molar-refractivity contribution in [3.05, 3.63) is 84.4 Å². The minimum Gasteiger partial charge on any atom is -0.315 e. The van der Waals surface area contributed by atoms with E-state index in [-0.39, 0.29) is 24.9 Å². The molecule has 3 aromatic rings. The molecule has 0 atom stereocenters. The second-order valence-corrected chi connectivity index (χ2v) is 9.94. The predicted octanol–water partition coefficient (Wildman–Crippen LogP) is 4.70. The number of hydrogen-bond donors (Lipinski definition) is 0. The largest absolute Gasteiger partial charge is 0.315 e. The Hall–Kier alpha value is -3.10. The second kappa shape index (κ2) is 9.41. The molecular formula is C25H24F2N2O3S. The third-order valence-corrected chi connectivity index (χ3v) is 7.91. The molecule has 1 heterocycles. The van der Waals surface area contributed by atoms with Gasteiger partial charge in [0, 0.05) is 31.6 Å². The number of nitrogens with zero attached hydrogens (tertiary/aromatic N) is 2. The molecule has 1 aliphatic rings. The summed E-state index contributed by atoms with van der Waals surface area (Å²) in [7, 11) is -2.47. The average Bonchev–Trinajstić information content (AvgIpc) is 2.85. The highest BCUT2D eigenvalue weighted by molar-refractivity contribution is 7.89. The molecule has 1 amide bonds. The summed E-state index contributed by atoms with van der Waals surface area (Å²) >= 11 is 0. The van der Waals surface area contributed by atoms with Gasteiger partial charge >= 0.3 is 0 Å². The van der Waals surface area contributed by atoms with Crippen molar-refractivity contribution < 1.29 is 22.0 Å². The van der Waals surface area contributed by atoms with Crippen molar-refractivity contribution in [2.75, 3.05) is 25.0 Å². The highest BCUT2D eigenvalue weighted by Crippen LogP contribution is 2.33. The van der Waals surface area contributed by atoms with Crippen LogP contribution < -0.4 is 4.90 Å². The molecular weight excluding hydrogens is 446 g/mol. The molecule has 1 aliphatic heterocycles. The Kier molecular flexibility index (Phi) is 6.58. The Balaban J connectivity index is 1.49. The third kappa shape index (κ3) is 4.67.